The molecule has 0 aliphatic rings. The van der Waals surface area contributed by atoms with E-state index in [0.29, 0.717) is 11.1 Å². The number of rotatable bonds is 8. The molecule has 0 aliphatic carbocycles. The SMILES string of the molecule is C=C(/C=C(Br)\C(=C/C)C(=O)c1ccc(O)cc1)CCCCC. The summed E-state index contributed by atoms with van der Waals surface area (Å²) in [5, 5.41) is 9.31. The van der Waals surface area contributed by atoms with Crippen molar-refractivity contribution in [1.29, 1.82) is 0 Å². The van der Waals surface area contributed by atoms with Crippen LogP contribution in [0.15, 0.2) is 58.6 Å². The molecule has 0 radical (unpaired) electrons. The fraction of sp³-hybridized carbons (Fsp3) is 0.316. The maximum absolute atomic E-state index is 12.5. The van der Waals surface area contributed by atoms with Gasteiger partial charge in [-0.15, -0.1) is 0 Å². The quantitative estimate of drug-likeness (QED) is 0.269. The third-order valence-corrected chi connectivity index (χ3v) is 4.01. The van der Waals surface area contributed by atoms with Crippen molar-refractivity contribution in [1.82, 2.24) is 0 Å². The Labute approximate surface area is 141 Å². The van der Waals surface area contributed by atoms with Gasteiger partial charge in [0.15, 0.2) is 5.78 Å². The topological polar surface area (TPSA) is 37.3 Å². The number of carbonyl (C=O) groups excluding carboxylic acids is 1. The lowest BCUT2D eigenvalue weighted by Gasteiger charge is -2.07. The van der Waals surface area contributed by atoms with Gasteiger partial charge in [-0.1, -0.05) is 53.9 Å². The molecular weight excluding hydrogens is 340 g/mol. The molecule has 2 nitrogen and oxygen atoms in total. The van der Waals surface area contributed by atoms with Crippen LogP contribution in [-0.2, 0) is 0 Å². The van der Waals surface area contributed by atoms with E-state index in [0.717, 1.165) is 22.9 Å². The van der Waals surface area contributed by atoms with E-state index in [1.54, 1.807) is 18.2 Å². The minimum Gasteiger partial charge on any atom is -0.508 e. The zero-order valence-corrected chi connectivity index (χ0v) is 14.8. The molecule has 0 aromatic heterocycles. The Morgan fingerprint density at radius 2 is 1.91 bits per heavy atom. The summed E-state index contributed by atoms with van der Waals surface area (Å²) in [6.45, 7) is 8.05. The molecule has 0 unspecified atom stereocenters. The number of aromatic hydroxyl groups is 1. The van der Waals surface area contributed by atoms with Gasteiger partial charge in [-0.2, -0.15) is 0 Å². The first-order valence-electron chi connectivity index (χ1n) is 7.55. The highest BCUT2D eigenvalue weighted by molar-refractivity contribution is 9.12. The predicted octanol–water partition coefficient (Wildman–Crippen LogP) is 5.94. The first-order chi connectivity index (χ1) is 10.5. The van der Waals surface area contributed by atoms with Gasteiger partial charge in [-0.25, -0.2) is 0 Å². The summed E-state index contributed by atoms with van der Waals surface area (Å²) in [5.41, 5.74) is 2.16. The van der Waals surface area contributed by atoms with Crippen LogP contribution in [-0.4, -0.2) is 10.9 Å². The fourth-order valence-electron chi connectivity index (χ4n) is 2.08. The van der Waals surface area contributed by atoms with Crippen LogP contribution in [0.4, 0.5) is 0 Å². The molecule has 1 rings (SSSR count). The van der Waals surface area contributed by atoms with E-state index < -0.39 is 0 Å². The minimum absolute atomic E-state index is 0.0769. The molecule has 0 bridgehead atoms. The second-order valence-corrected chi connectivity index (χ2v) is 6.04. The summed E-state index contributed by atoms with van der Waals surface area (Å²) in [6, 6.07) is 6.28. The Morgan fingerprint density at radius 1 is 1.27 bits per heavy atom. The van der Waals surface area contributed by atoms with Gasteiger partial charge in [0.25, 0.3) is 0 Å². The molecule has 1 N–H and O–H groups in total. The van der Waals surface area contributed by atoms with Crippen LogP contribution < -0.4 is 0 Å². The number of carbonyl (C=O) groups is 1. The number of unbranched alkanes of at least 4 members (excludes halogenated alkanes) is 2. The van der Waals surface area contributed by atoms with Gasteiger partial charge in [-0.3, -0.25) is 4.79 Å². The van der Waals surface area contributed by atoms with Crippen molar-refractivity contribution in [2.24, 2.45) is 0 Å². The van der Waals surface area contributed by atoms with Crippen LogP contribution in [0.3, 0.4) is 0 Å². The largest absolute Gasteiger partial charge is 0.508 e. The van der Waals surface area contributed by atoms with Crippen LogP contribution in [0.25, 0.3) is 0 Å². The first kappa shape index (κ1) is 18.4. The number of benzene rings is 1. The van der Waals surface area contributed by atoms with Gasteiger partial charge >= 0.3 is 0 Å². The molecule has 0 heterocycles. The summed E-state index contributed by atoms with van der Waals surface area (Å²) < 4.78 is 0.745. The van der Waals surface area contributed by atoms with Crippen molar-refractivity contribution < 1.29 is 9.90 Å². The van der Waals surface area contributed by atoms with Crippen molar-refractivity contribution in [2.45, 2.75) is 39.5 Å². The normalized spacial score (nSPS) is 12.3. The van der Waals surface area contributed by atoms with Crippen molar-refractivity contribution >= 4 is 21.7 Å². The van der Waals surface area contributed by atoms with Crippen LogP contribution in [0.1, 0.15) is 49.9 Å². The van der Waals surface area contributed by atoms with Crippen LogP contribution >= 0.6 is 15.9 Å². The van der Waals surface area contributed by atoms with E-state index in [4.69, 9.17) is 0 Å². The number of Topliss-reactive ketones (excluding diaryl/α,β-unsaturated/α-hetero) is 1. The van der Waals surface area contributed by atoms with E-state index in [1.165, 1.54) is 25.0 Å². The number of phenolic OH excluding ortho intramolecular Hbond substituents is 1. The predicted molar refractivity (Wildman–Crippen MR) is 96.5 cm³/mol. The number of hydrogen-bond donors (Lipinski definition) is 1. The minimum atomic E-state index is -0.0769. The summed E-state index contributed by atoms with van der Waals surface area (Å²) >= 11 is 3.49. The van der Waals surface area contributed by atoms with E-state index >= 15 is 0 Å². The van der Waals surface area contributed by atoms with Crippen LogP contribution in [0.2, 0.25) is 0 Å². The third-order valence-electron chi connectivity index (χ3n) is 3.35. The Hall–Kier alpha value is -1.61. The molecule has 22 heavy (non-hydrogen) atoms. The van der Waals surface area contributed by atoms with E-state index in [9.17, 15) is 9.90 Å². The van der Waals surface area contributed by atoms with Gasteiger partial charge in [0.2, 0.25) is 0 Å². The lowest BCUT2D eigenvalue weighted by molar-refractivity contribution is 0.103. The molecule has 0 fully saturated rings. The summed E-state index contributed by atoms with van der Waals surface area (Å²) in [4.78, 5) is 12.5. The van der Waals surface area contributed by atoms with Gasteiger partial charge in [-0.05, 0) is 50.1 Å². The highest BCUT2D eigenvalue weighted by Crippen LogP contribution is 2.25. The Bertz CT molecular complexity index is 580. The first-order valence-corrected chi connectivity index (χ1v) is 8.34. The molecule has 1 aromatic rings. The number of ketones is 1. The van der Waals surface area contributed by atoms with Gasteiger partial charge in [0, 0.05) is 15.6 Å². The van der Waals surface area contributed by atoms with Crippen molar-refractivity contribution in [3.63, 3.8) is 0 Å². The van der Waals surface area contributed by atoms with Crippen LogP contribution in [0.5, 0.6) is 5.75 Å². The van der Waals surface area contributed by atoms with Crippen molar-refractivity contribution in [2.75, 3.05) is 0 Å². The fourth-order valence-corrected chi connectivity index (χ4v) is 2.81. The average Bonchev–Trinajstić information content (AvgIpc) is 2.48. The summed E-state index contributed by atoms with van der Waals surface area (Å²) in [7, 11) is 0. The number of phenols is 1. The Morgan fingerprint density at radius 3 is 2.45 bits per heavy atom. The van der Waals surface area contributed by atoms with Crippen molar-refractivity contribution in [3.05, 3.63) is 64.2 Å². The average molecular weight is 363 g/mol. The lowest BCUT2D eigenvalue weighted by Crippen LogP contribution is -2.03. The maximum Gasteiger partial charge on any atom is 0.193 e. The van der Waals surface area contributed by atoms with E-state index in [2.05, 4.69) is 29.4 Å². The molecule has 0 saturated heterocycles. The smallest absolute Gasteiger partial charge is 0.193 e. The number of allylic oxidation sites excluding steroid dienone is 5. The zero-order chi connectivity index (χ0) is 16.5. The van der Waals surface area contributed by atoms with Crippen molar-refractivity contribution in [3.8, 4) is 5.75 Å². The number of hydrogen-bond acceptors (Lipinski definition) is 2. The van der Waals surface area contributed by atoms with E-state index in [-0.39, 0.29) is 11.5 Å². The third kappa shape index (κ3) is 5.64. The molecule has 1 aromatic carbocycles. The Kier molecular flexibility index (Phi) is 7.89. The Balaban J connectivity index is 2.84. The summed E-state index contributed by atoms with van der Waals surface area (Å²) in [6.07, 6.45) is 8.12. The second-order valence-electron chi connectivity index (χ2n) is 5.19. The van der Waals surface area contributed by atoms with Gasteiger partial charge in [0.1, 0.15) is 5.75 Å². The molecule has 0 atom stereocenters. The standard InChI is InChI=1S/C19H23BrO2/c1-4-6-7-8-14(3)13-18(20)17(5-2)19(22)15-9-11-16(21)12-10-15/h5,9-13,21H,3-4,6-8H2,1-2H3/b17-5+,18-13+. The van der Waals surface area contributed by atoms with E-state index in [1.807, 2.05) is 13.0 Å². The molecule has 118 valence electrons. The second kappa shape index (κ2) is 9.42. The molecule has 3 heteroatoms. The number of halogens is 1. The monoisotopic (exact) mass is 362 g/mol. The van der Waals surface area contributed by atoms with Gasteiger partial charge < -0.3 is 5.11 Å². The highest BCUT2D eigenvalue weighted by Gasteiger charge is 2.14. The maximum atomic E-state index is 12.5. The van der Waals surface area contributed by atoms with Crippen LogP contribution in [0, 0.1) is 0 Å². The summed E-state index contributed by atoms with van der Waals surface area (Å²) in [5.74, 6) is 0.0736. The molecule has 0 amide bonds. The van der Waals surface area contributed by atoms with Gasteiger partial charge in [0.05, 0.1) is 0 Å². The molecule has 0 saturated carbocycles. The zero-order valence-electron chi connectivity index (χ0n) is 13.2. The molecular formula is C19H23BrO2. The molecule has 0 spiro atoms. The lowest BCUT2D eigenvalue weighted by atomic mass is 10.0. The molecule has 0 aliphatic heterocycles. The highest BCUT2D eigenvalue weighted by atomic mass is 79.9.